The van der Waals surface area contributed by atoms with Gasteiger partial charge < -0.3 is 10.4 Å². The summed E-state index contributed by atoms with van der Waals surface area (Å²) in [5, 5.41) is 11.9. The van der Waals surface area contributed by atoms with E-state index in [9.17, 15) is 14.4 Å². The minimum absolute atomic E-state index is 0.247. The van der Waals surface area contributed by atoms with Crippen LogP contribution in [0.4, 0.5) is 10.5 Å². The van der Waals surface area contributed by atoms with Crippen LogP contribution in [0, 0.1) is 0 Å². The molecule has 1 unspecified atom stereocenters. The Labute approximate surface area is 144 Å². The number of nitrogens with one attached hydrogen (secondary N) is 2. The first-order valence-electron chi connectivity index (χ1n) is 7.90. The number of anilines is 1. The van der Waals surface area contributed by atoms with Crippen LogP contribution in [0.15, 0.2) is 48.7 Å². The molecule has 130 valence electrons. The predicted octanol–water partition coefficient (Wildman–Crippen LogP) is 1.95. The maximum atomic E-state index is 12.4. The monoisotopic (exact) mass is 342 g/mol. The van der Waals surface area contributed by atoms with Crippen molar-refractivity contribution in [1.82, 2.24) is 9.58 Å². The van der Waals surface area contributed by atoms with Crippen molar-refractivity contribution >= 4 is 23.6 Å². The van der Waals surface area contributed by atoms with Gasteiger partial charge in [-0.1, -0.05) is 18.2 Å². The zero-order valence-corrected chi connectivity index (χ0v) is 13.4. The Balaban J connectivity index is 1.70. The summed E-state index contributed by atoms with van der Waals surface area (Å²) in [6.07, 6.45) is 1.52. The number of para-hydroxylation sites is 1. The molecule has 1 aliphatic rings. The van der Waals surface area contributed by atoms with E-state index >= 15 is 0 Å². The lowest BCUT2D eigenvalue weighted by Crippen LogP contribution is -2.44. The van der Waals surface area contributed by atoms with Gasteiger partial charge in [-0.3, -0.25) is 24.6 Å². The molecule has 1 fully saturated rings. The van der Waals surface area contributed by atoms with Crippen LogP contribution in [0.5, 0.6) is 0 Å². The molecule has 2 heterocycles. The average molecular weight is 342 g/mol. The van der Waals surface area contributed by atoms with E-state index in [2.05, 4.69) is 10.7 Å². The van der Waals surface area contributed by atoms with Crippen molar-refractivity contribution in [2.75, 3.05) is 17.3 Å². The fraction of sp³-hybridized carbons (Fsp3) is 0.235. The number of hydrogen-bond acceptors (Lipinski definition) is 3. The Bertz CT molecular complexity index is 787. The van der Waals surface area contributed by atoms with Gasteiger partial charge in [0.25, 0.3) is 11.8 Å². The van der Waals surface area contributed by atoms with E-state index in [1.54, 1.807) is 36.4 Å². The Morgan fingerprint density at radius 2 is 1.84 bits per heavy atom. The van der Waals surface area contributed by atoms with E-state index in [4.69, 9.17) is 5.11 Å². The normalized spacial score (nSPS) is 16.5. The zero-order chi connectivity index (χ0) is 17.8. The van der Waals surface area contributed by atoms with Crippen LogP contribution in [0.3, 0.4) is 0 Å². The van der Waals surface area contributed by atoms with Gasteiger partial charge in [0.15, 0.2) is 0 Å². The Morgan fingerprint density at radius 3 is 2.56 bits per heavy atom. The molecule has 0 saturated carbocycles. The van der Waals surface area contributed by atoms with E-state index in [0.717, 1.165) is 4.90 Å². The van der Waals surface area contributed by atoms with Crippen molar-refractivity contribution in [3.8, 4) is 0 Å². The Kier molecular flexibility index (Phi) is 4.69. The highest BCUT2D eigenvalue weighted by molar-refractivity contribution is 6.04. The molecule has 1 saturated heterocycles. The maximum Gasteiger partial charge on any atom is 0.407 e. The topological polar surface area (TPSA) is 104 Å². The van der Waals surface area contributed by atoms with Crippen LogP contribution in [0.2, 0.25) is 0 Å². The molecule has 25 heavy (non-hydrogen) atoms. The standard InChI is InChI=1S/C17H18N4O4/c22-15(18-12-6-2-1-3-7-12)14-9-5-11-21(14)19-16(23)13-8-4-10-20(13)17(24)25/h1-3,5-7,9,11,13H,4,8,10H2,(H,18,22)(H,19,23)(H,24,25). The first-order chi connectivity index (χ1) is 12.1. The highest BCUT2D eigenvalue weighted by Gasteiger charge is 2.34. The van der Waals surface area contributed by atoms with E-state index in [1.807, 2.05) is 6.07 Å². The molecule has 1 atom stereocenters. The molecule has 1 aromatic heterocycles. The molecule has 8 heteroatoms. The summed E-state index contributed by atoms with van der Waals surface area (Å²) in [4.78, 5) is 37.1. The summed E-state index contributed by atoms with van der Waals surface area (Å²) in [7, 11) is 0. The van der Waals surface area contributed by atoms with Crippen LogP contribution < -0.4 is 10.7 Å². The minimum Gasteiger partial charge on any atom is -0.465 e. The van der Waals surface area contributed by atoms with Crippen LogP contribution in [0.25, 0.3) is 0 Å². The van der Waals surface area contributed by atoms with Gasteiger partial charge in [-0.2, -0.15) is 0 Å². The third kappa shape index (κ3) is 3.63. The van der Waals surface area contributed by atoms with Gasteiger partial charge in [0.05, 0.1) is 0 Å². The average Bonchev–Trinajstić information content (AvgIpc) is 3.24. The number of carboxylic acid groups (broad SMARTS) is 1. The van der Waals surface area contributed by atoms with Crippen molar-refractivity contribution < 1.29 is 19.5 Å². The first-order valence-corrected chi connectivity index (χ1v) is 7.90. The second kappa shape index (κ2) is 7.08. The molecule has 3 N–H and O–H groups in total. The molecule has 3 amide bonds. The van der Waals surface area contributed by atoms with Gasteiger partial charge >= 0.3 is 6.09 Å². The molecule has 1 aliphatic heterocycles. The van der Waals surface area contributed by atoms with Crippen molar-refractivity contribution in [1.29, 1.82) is 0 Å². The first kappa shape index (κ1) is 16.6. The molecule has 0 bridgehead atoms. The lowest BCUT2D eigenvalue weighted by molar-refractivity contribution is -0.120. The summed E-state index contributed by atoms with van der Waals surface area (Å²) in [5.41, 5.74) is 3.48. The van der Waals surface area contributed by atoms with Crippen LogP contribution >= 0.6 is 0 Å². The van der Waals surface area contributed by atoms with Gasteiger partial charge in [0, 0.05) is 18.4 Å². The summed E-state index contributed by atoms with van der Waals surface area (Å²) in [6, 6.07) is 11.4. The number of hydrogen-bond donors (Lipinski definition) is 3. The van der Waals surface area contributed by atoms with Crippen LogP contribution in [-0.4, -0.2) is 45.2 Å². The van der Waals surface area contributed by atoms with Crippen molar-refractivity contribution in [2.24, 2.45) is 0 Å². The van der Waals surface area contributed by atoms with E-state index < -0.39 is 18.0 Å². The number of amides is 3. The summed E-state index contributed by atoms with van der Waals surface area (Å²) >= 11 is 0. The number of rotatable bonds is 4. The fourth-order valence-corrected chi connectivity index (χ4v) is 2.84. The summed E-state index contributed by atoms with van der Waals surface area (Å²) in [6.45, 7) is 0.334. The Hall–Kier alpha value is -3.29. The van der Waals surface area contributed by atoms with Crippen molar-refractivity contribution in [3.63, 3.8) is 0 Å². The highest BCUT2D eigenvalue weighted by atomic mass is 16.4. The number of likely N-dealkylation sites (tertiary alicyclic amines) is 1. The number of nitrogens with zero attached hydrogens (tertiary/aromatic N) is 2. The fourth-order valence-electron chi connectivity index (χ4n) is 2.84. The second-order valence-electron chi connectivity index (χ2n) is 5.69. The van der Waals surface area contributed by atoms with Gasteiger partial charge in [0.1, 0.15) is 11.7 Å². The molecule has 3 rings (SSSR count). The van der Waals surface area contributed by atoms with Crippen LogP contribution in [0.1, 0.15) is 23.3 Å². The van der Waals surface area contributed by atoms with Crippen molar-refractivity contribution in [2.45, 2.75) is 18.9 Å². The quantitative estimate of drug-likeness (QED) is 0.790. The lowest BCUT2D eigenvalue weighted by atomic mass is 10.2. The van der Waals surface area contributed by atoms with E-state index in [1.165, 1.54) is 10.9 Å². The predicted molar refractivity (Wildman–Crippen MR) is 90.9 cm³/mol. The smallest absolute Gasteiger partial charge is 0.407 e. The molecule has 1 aromatic carbocycles. The third-order valence-corrected chi connectivity index (χ3v) is 4.04. The largest absolute Gasteiger partial charge is 0.465 e. The number of benzene rings is 1. The molecule has 8 nitrogen and oxygen atoms in total. The van der Waals surface area contributed by atoms with Gasteiger partial charge in [-0.05, 0) is 37.1 Å². The highest BCUT2D eigenvalue weighted by Crippen LogP contribution is 2.18. The maximum absolute atomic E-state index is 12.4. The lowest BCUT2D eigenvalue weighted by Gasteiger charge is -2.21. The van der Waals surface area contributed by atoms with Gasteiger partial charge in [-0.15, -0.1) is 0 Å². The van der Waals surface area contributed by atoms with Gasteiger partial charge in [0.2, 0.25) is 0 Å². The number of aromatic nitrogens is 1. The van der Waals surface area contributed by atoms with E-state index in [0.29, 0.717) is 25.1 Å². The molecular weight excluding hydrogens is 324 g/mol. The number of carbonyl (C=O) groups is 3. The SMILES string of the molecule is O=C(Nc1ccccc1)c1cccn1NC(=O)C1CCCN1C(=O)O. The second-order valence-corrected chi connectivity index (χ2v) is 5.69. The Morgan fingerprint density at radius 1 is 1.08 bits per heavy atom. The molecule has 0 radical (unpaired) electrons. The molecule has 0 spiro atoms. The van der Waals surface area contributed by atoms with E-state index in [-0.39, 0.29) is 11.6 Å². The summed E-state index contributed by atoms with van der Waals surface area (Å²) in [5.74, 6) is -0.831. The number of carbonyl (C=O) groups excluding carboxylic acids is 2. The molecule has 0 aliphatic carbocycles. The summed E-state index contributed by atoms with van der Waals surface area (Å²) < 4.78 is 1.30. The van der Waals surface area contributed by atoms with Crippen LogP contribution in [-0.2, 0) is 4.79 Å². The minimum atomic E-state index is -1.12. The molecular formula is C17H18N4O4. The third-order valence-electron chi connectivity index (χ3n) is 4.04. The van der Waals surface area contributed by atoms with Gasteiger partial charge in [-0.25, -0.2) is 4.79 Å². The zero-order valence-electron chi connectivity index (χ0n) is 13.4. The molecule has 2 aromatic rings. The van der Waals surface area contributed by atoms with Crippen molar-refractivity contribution in [3.05, 3.63) is 54.4 Å².